The largest absolute Gasteiger partial charge is 0.310 e. The molecule has 8 bridgehead atoms. The fourth-order valence-corrected chi connectivity index (χ4v) is 10.2. The van der Waals surface area contributed by atoms with Crippen molar-refractivity contribution < 1.29 is 0 Å². The average molecular weight is 669 g/mol. The van der Waals surface area contributed by atoms with Crippen LogP contribution in [-0.4, -0.2) is 48.3 Å². The lowest BCUT2D eigenvalue weighted by Gasteiger charge is -2.37. The minimum atomic E-state index is 0. The van der Waals surface area contributed by atoms with Crippen molar-refractivity contribution in [3.8, 4) is 0 Å². The Morgan fingerprint density at radius 2 is 0.531 bits per heavy atom. The molecule has 4 N–H and O–H groups in total. The molecule has 5 heteroatoms. The Morgan fingerprint density at radius 1 is 0.306 bits per heavy atom. The molecule has 12 atom stereocenters. The summed E-state index contributed by atoms with van der Waals surface area (Å²) in [7, 11) is 0. The van der Waals surface area contributed by atoms with Gasteiger partial charge in [0.15, 0.2) is 0 Å². The van der Waals surface area contributed by atoms with Crippen LogP contribution in [0.15, 0.2) is 146 Å². The molecule has 0 aliphatic carbocycles. The summed E-state index contributed by atoms with van der Waals surface area (Å²) in [5.74, 6) is 1.41. The van der Waals surface area contributed by atoms with Crippen molar-refractivity contribution in [1.82, 2.24) is 21.3 Å². The highest BCUT2D eigenvalue weighted by Gasteiger charge is 2.47. The zero-order valence-electron chi connectivity index (χ0n) is 28.0. The maximum atomic E-state index is 4.29. The quantitative estimate of drug-likeness (QED) is 0.169. The van der Waals surface area contributed by atoms with Crippen molar-refractivity contribution in [2.45, 2.75) is 97.7 Å². The Hall–Kier alpha value is -3.51. The standard InChI is InChI=1S/C44H48N4.ClH/c1-5-13-29(14-6-1)41-33-21-23-35(45-33)42(30-15-7-2-8-16-30)37-25-27-39(47-37)44(32-19-11-4-12-20-32)40-28-26-38(48-40)43(31-17-9-3-10-18-31)36-24-22-34(41)46-36;/h1-21,23,26,28,33-48H,22,24-25,27H2;1H. The van der Waals surface area contributed by atoms with Crippen molar-refractivity contribution in [3.05, 3.63) is 168 Å². The first-order chi connectivity index (χ1) is 23.8. The van der Waals surface area contributed by atoms with Crippen molar-refractivity contribution >= 4 is 12.4 Å². The summed E-state index contributed by atoms with van der Waals surface area (Å²) >= 11 is 0. The number of hydrogen-bond donors (Lipinski definition) is 4. The van der Waals surface area contributed by atoms with E-state index in [0.29, 0.717) is 47.8 Å². The van der Waals surface area contributed by atoms with Crippen LogP contribution in [0.25, 0.3) is 0 Å². The average Bonchev–Trinajstić information content (AvgIpc) is 3.98. The first-order valence-corrected chi connectivity index (χ1v) is 18.4. The molecule has 4 nitrogen and oxygen atoms in total. The molecule has 5 aliphatic rings. The molecule has 0 spiro atoms. The van der Waals surface area contributed by atoms with Crippen LogP contribution in [0.4, 0.5) is 0 Å². The molecule has 5 heterocycles. The number of fused-ring (bicyclic) bond motifs is 8. The third kappa shape index (κ3) is 6.35. The van der Waals surface area contributed by atoms with Gasteiger partial charge in [-0.1, -0.05) is 146 Å². The smallest absolute Gasteiger partial charge is 0.0340 e. The van der Waals surface area contributed by atoms with Gasteiger partial charge in [0.2, 0.25) is 0 Å². The Morgan fingerprint density at radius 3 is 0.755 bits per heavy atom. The Labute approximate surface area is 298 Å². The second-order valence-corrected chi connectivity index (χ2v) is 14.9. The van der Waals surface area contributed by atoms with Crippen LogP contribution in [0.5, 0.6) is 0 Å². The van der Waals surface area contributed by atoms with Crippen LogP contribution in [0, 0.1) is 0 Å². The summed E-state index contributed by atoms with van der Waals surface area (Å²) in [6, 6.07) is 47.8. The normalized spacial score (nSPS) is 36.4. The molecule has 0 amide bonds. The highest BCUT2D eigenvalue weighted by molar-refractivity contribution is 5.85. The van der Waals surface area contributed by atoms with E-state index >= 15 is 0 Å². The van der Waals surface area contributed by atoms with Crippen LogP contribution in [0.1, 0.15) is 71.6 Å². The molecule has 4 aromatic rings. The van der Waals surface area contributed by atoms with Crippen molar-refractivity contribution in [2.75, 3.05) is 0 Å². The van der Waals surface area contributed by atoms with E-state index in [9.17, 15) is 0 Å². The minimum absolute atomic E-state index is 0. The Balaban J connectivity index is 0.00000348. The summed E-state index contributed by atoms with van der Waals surface area (Å²) in [4.78, 5) is 0. The highest BCUT2D eigenvalue weighted by Crippen LogP contribution is 2.43. The first-order valence-electron chi connectivity index (χ1n) is 18.4. The topological polar surface area (TPSA) is 48.1 Å². The van der Waals surface area contributed by atoms with Crippen LogP contribution in [0.3, 0.4) is 0 Å². The van der Waals surface area contributed by atoms with Gasteiger partial charge in [0, 0.05) is 72.0 Å². The van der Waals surface area contributed by atoms with E-state index in [1.807, 2.05) is 0 Å². The molecule has 3 saturated heterocycles. The molecular weight excluding hydrogens is 620 g/mol. The number of halogens is 1. The summed E-state index contributed by atoms with van der Waals surface area (Å²) < 4.78 is 0. The molecular formula is C44H49ClN4. The fraction of sp³-hybridized carbons (Fsp3) is 0.364. The molecule has 12 unspecified atom stereocenters. The molecule has 0 saturated carbocycles. The van der Waals surface area contributed by atoms with Gasteiger partial charge in [-0.3, -0.25) is 0 Å². The van der Waals surface area contributed by atoms with Gasteiger partial charge < -0.3 is 21.3 Å². The monoisotopic (exact) mass is 668 g/mol. The third-order valence-corrected chi connectivity index (χ3v) is 12.3. The summed E-state index contributed by atoms with van der Waals surface area (Å²) in [5, 5.41) is 17.1. The zero-order chi connectivity index (χ0) is 31.9. The molecule has 0 aromatic heterocycles. The van der Waals surface area contributed by atoms with Gasteiger partial charge in [0.05, 0.1) is 0 Å². The molecule has 0 radical (unpaired) electrons. The van der Waals surface area contributed by atoms with E-state index in [4.69, 9.17) is 0 Å². The lowest BCUT2D eigenvalue weighted by atomic mass is 9.83. The first kappa shape index (κ1) is 32.7. The number of rotatable bonds is 4. The van der Waals surface area contributed by atoms with Gasteiger partial charge in [-0.15, -0.1) is 12.4 Å². The second kappa shape index (κ2) is 14.4. The van der Waals surface area contributed by atoms with Gasteiger partial charge in [-0.2, -0.15) is 0 Å². The van der Waals surface area contributed by atoms with Gasteiger partial charge >= 0.3 is 0 Å². The highest BCUT2D eigenvalue weighted by atomic mass is 35.5. The predicted molar refractivity (Wildman–Crippen MR) is 204 cm³/mol. The Kier molecular flexibility index (Phi) is 9.59. The predicted octanol–water partition coefficient (Wildman–Crippen LogP) is 7.59. The van der Waals surface area contributed by atoms with E-state index in [0.717, 1.165) is 0 Å². The molecule has 252 valence electrons. The second-order valence-electron chi connectivity index (χ2n) is 14.9. The summed E-state index contributed by atoms with van der Waals surface area (Å²) in [6.45, 7) is 0. The molecule has 5 aliphatic heterocycles. The zero-order valence-corrected chi connectivity index (χ0v) is 28.8. The summed E-state index contributed by atoms with van der Waals surface area (Å²) in [5.41, 5.74) is 5.71. The third-order valence-electron chi connectivity index (χ3n) is 12.3. The van der Waals surface area contributed by atoms with Crippen LogP contribution in [-0.2, 0) is 0 Å². The van der Waals surface area contributed by atoms with Crippen molar-refractivity contribution in [1.29, 1.82) is 0 Å². The van der Waals surface area contributed by atoms with Crippen LogP contribution >= 0.6 is 12.4 Å². The lowest BCUT2D eigenvalue weighted by Crippen LogP contribution is -2.52. The lowest BCUT2D eigenvalue weighted by molar-refractivity contribution is 0.317. The Bertz CT molecular complexity index is 1460. The van der Waals surface area contributed by atoms with E-state index in [2.05, 4.69) is 167 Å². The van der Waals surface area contributed by atoms with Crippen molar-refractivity contribution in [3.63, 3.8) is 0 Å². The van der Waals surface area contributed by atoms with Gasteiger partial charge in [0.25, 0.3) is 0 Å². The van der Waals surface area contributed by atoms with Gasteiger partial charge in [-0.25, -0.2) is 0 Å². The maximum Gasteiger partial charge on any atom is 0.0340 e. The number of hydrogen-bond acceptors (Lipinski definition) is 4. The summed E-state index contributed by atoms with van der Waals surface area (Å²) in [6.07, 6.45) is 14.7. The van der Waals surface area contributed by atoms with E-state index < -0.39 is 0 Å². The van der Waals surface area contributed by atoms with E-state index in [1.54, 1.807) is 0 Å². The van der Waals surface area contributed by atoms with Crippen LogP contribution < -0.4 is 21.3 Å². The van der Waals surface area contributed by atoms with Crippen molar-refractivity contribution in [2.24, 2.45) is 0 Å². The molecule has 3 fully saturated rings. The number of nitrogens with one attached hydrogen (secondary N) is 4. The minimum Gasteiger partial charge on any atom is -0.310 e. The number of benzene rings is 4. The molecule has 4 aromatic carbocycles. The molecule has 49 heavy (non-hydrogen) atoms. The van der Waals surface area contributed by atoms with Gasteiger partial charge in [0.1, 0.15) is 0 Å². The molecule has 9 rings (SSSR count). The van der Waals surface area contributed by atoms with E-state index in [1.165, 1.54) is 47.9 Å². The fourth-order valence-electron chi connectivity index (χ4n) is 10.2. The van der Waals surface area contributed by atoms with Crippen LogP contribution in [0.2, 0.25) is 0 Å². The van der Waals surface area contributed by atoms with Gasteiger partial charge in [-0.05, 0) is 47.9 Å². The SMILES string of the molecule is C1=CC2NC1C(c1ccccc1)C1CCC(N1)C(c1ccccc1)C1C=CC(N1)C(c1ccccc1)C1CCC(N1)C2c1ccccc1.Cl. The van der Waals surface area contributed by atoms with E-state index in [-0.39, 0.29) is 36.6 Å². The maximum absolute atomic E-state index is 4.29.